The Labute approximate surface area is 157 Å². The summed E-state index contributed by atoms with van der Waals surface area (Å²) in [7, 11) is -0.737. The summed E-state index contributed by atoms with van der Waals surface area (Å²) in [5.74, 6) is -0.968. The molecule has 0 spiro atoms. The van der Waals surface area contributed by atoms with E-state index in [1.807, 2.05) is 0 Å². The highest BCUT2D eigenvalue weighted by molar-refractivity contribution is 7.89. The van der Waals surface area contributed by atoms with E-state index in [0.29, 0.717) is 5.56 Å². The number of nitrogens with one attached hydrogen (secondary N) is 2. The first kappa shape index (κ1) is 20.2. The number of carbonyl (C=O) groups is 1. The number of amides is 1. The van der Waals surface area contributed by atoms with Crippen LogP contribution >= 0.6 is 11.6 Å². The molecule has 1 amide bonds. The predicted octanol–water partition coefficient (Wildman–Crippen LogP) is 2.46. The summed E-state index contributed by atoms with van der Waals surface area (Å²) in [6, 6.07) is 10.5. The van der Waals surface area contributed by atoms with Gasteiger partial charge in [-0.1, -0.05) is 29.8 Å². The van der Waals surface area contributed by atoms with Crippen molar-refractivity contribution in [2.75, 3.05) is 26.0 Å². The Morgan fingerprint density at radius 3 is 2.54 bits per heavy atom. The third kappa shape index (κ3) is 4.94. The van der Waals surface area contributed by atoms with Crippen LogP contribution < -0.4 is 10.6 Å². The van der Waals surface area contributed by atoms with Crippen molar-refractivity contribution in [2.45, 2.75) is 11.4 Å². The second-order valence-electron chi connectivity index (χ2n) is 5.65. The summed E-state index contributed by atoms with van der Waals surface area (Å²) in [6.45, 7) is -0.131. The Bertz CT molecular complexity index is 904. The average Bonchev–Trinajstić information content (AvgIpc) is 2.59. The standard InChI is InChI=1S/C17H19ClFN3O3S/c1-22(2)26(24,25)16-6-4-3-5-12(16)10-21-17(23)11-20-15-8-7-13(18)9-14(15)19/h3-9,20H,10-11H2,1-2H3,(H,21,23). The molecule has 0 heterocycles. The second-order valence-corrected chi connectivity index (χ2v) is 8.21. The maximum atomic E-state index is 13.7. The highest BCUT2D eigenvalue weighted by Crippen LogP contribution is 2.19. The van der Waals surface area contributed by atoms with Gasteiger partial charge in [-0.2, -0.15) is 0 Å². The van der Waals surface area contributed by atoms with Gasteiger partial charge in [0.2, 0.25) is 15.9 Å². The number of sulfonamides is 1. The first-order valence-electron chi connectivity index (χ1n) is 7.68. The molecule has 9 heteroatoms. The van der Waals surface area contributed by atoms with E-state index in [0.717, 1.165) is 10.4 Å². The van der Waals surface area contributed by atoms with E-state index < -0.39 is 21.7 Å². The van der Waals surface area contributed by atoms with Gasteiger partial charge in [0.05, 0.1) is 17.1 Å². The Kier molecular flexibility index (Phi) is 6.57. The molecule has 0 saturated carbocycles. The van der Waals surface area contributed by atoms with Crippen molar-refractivity contribution in [3.63, 3.8) is 0 Å². The zero-order valence-corrected chi connectivity index (χ0v) is 15.9. The highest BCUT2D eigenvalue weighted by Gasteiger charge is 2.20. The zero-order valence-electron chi connectivity index (χ0n) is 14.3. The lowest BCUT2D eigenvalue weighted by atomic mass is 10.2. The number of anilines is 1. The minimum absolute atomic E-state index is 0.0346. The Hall–Kier alpha value is -2.16. The molecular formula is C17H19ClFN3O3S. The molecule has 0 unspecified atom stereocenters. The molecule has 0 aliphatic carbocycles. The maximum Gasteiger partial charge on any atom is 0.242 e. The first-order valence-corrected chi connectivity index (χ1v) is 9.49. The van der Waals surface area contributed by atoms with Gasteiger partial charge in [0.15, 0.2) is 0 Å². The molecule has 0 fully saturated rings. The molecule has 0 aliphatic heterocycles. The lowest BCUT2D eigenvalue weighted by Crippen LogP contribution is -2.31. The van der Waals surface area contributed by atoms with E-state index in [9.17, 15) is 17.6 Å². The van der Waals surface area contributed by atoms with Gasteiger partial charge in [-0.05, 0) is 29.8 Å². The molecule has 26 heavy (non-hydrogen) atoms. The molecule has 6 nitrogen and oxygen atoms in total. The molecule has 0 aliphatic rings. The molecule has 0 aromatic heterocycles. The van der Waals surface area contributed by atoms with Gasteiger partial charge in [-0.15, -0.1) is 0 Å². The van der Waals surface area contributed by atoms with Crippen molar-refractivity contribution in [3.05, 3.63) is 58.9 Å². The van der Waals surface area contributed by atoms with Crippen molar-refractivity contribution in [2.24, 2.45) is 0 Å². The van der Waals surface area contributed by atoms with Gasteiger partial charge < -0.3 is 10.6 Å². The van der Waals surface area contributed by atoms with Gasteiger partial charge in [0.1, 0.15) is 5.82 Å². The molecule has 2 aromatic carbocycles. The normalized spacial score (nSPS) is 11.4. The average molecular weight is 400 g/mol. The minimum Gasteiger partial charge on any atom is -0.374 e. The van der Waals surface area contributed by atoms with E-state index in [2.05, 4.69) is 10.6 Å². The monoisotopic (exact) mass is 399 g/mol. The molecule has 2 rings (SSSR count). The summed E-state index contributed by atoms with van der Waals surface area (Å²) in [6.07, 6.45) is 0. The lowest BCUT2D eigenvalue weighted by Gasteiger charge is -2.15. The van der Waals surface area contributed by atoms with Gasteiger partial charge >= 0.3 is 0 Å². The third-order valence-electron chi connectivity index (χ3n) is 3.58. The molecule has 0 bridgehead atoms. The zero-order chi connectivity index (χ0) is 19.3. The van der Waals surface area contributed by atoms with Gasteiger partial charge in [-0.3, -0.25) is 4.79 Å². The van der Waals surface area contributed by atoms with E-state index >= 15 is 0 Å². The fourth-order valence-corrected chi connectivity index (χ4v) is 3.44. The fraction of sp³-hybridized carbons (Fsp3) is 0.235. The molecule has 2 N–H and O–H groups in total. The second kappa shape index (κ2) is 8.48. The van der Waals surface area contributed by atoms with E-state index in [-0.39, 0.29) is 28.7 Å². The minimum atomic E-state index is -3.62. The third-order valence-corrected chi connectivity index (χ3v) is 5.73. The van der Waals surface area contributed by atoms with Crippen LogP contribution in [0.25, 0.3) is 0 Å². The largest absolute Gasteiger partial charge is 0.374 e. The summed E-state index contributed by atoms with van der Waals surface area (Å²) in [5.41, 5.74) is 0.618. The van der Waals surface area contributed by atoms with Crippen LogP contribution in [0.3, 0.4) is 0 Å². The van der Waals surface area contributed by atoms with Crippen molar-refractivity contribution in [1.29, 1.82) is 0 Å². The number of halogens is 2. The van der Waals surface area contributed by atoms with E-state index in [1.165, 1.54) is 32.3 Å². The van der Waals surface area contributed by atoms with Crippen LogP contribution in [0.15, 0.2) is 47.4 Å². The van der Waals surface area contributed by atoms with Crippen molar-refractivity contribution in [1.82, 2.24) is 9.62 Å². The van der Waals surface area contributed by atoms with Crippen LogP contribution in [-0.4, -0.2) is 39.3 Å². The molecule has 0 atom stereocenters. The van der Waals surface area contributed by atoms with E-state index in [4.69, 9.17) is 11.6 Å². The summed E-state index contributed by atoms with van der Waals surface area (Å²) in [4.78, 5) is 12.1. The van der Waals surface area contributed by atoms with Crippen LogP contribution in [0.4, 0.5) is 10.1 Å². The number of carbonyl (C=O) groups excluding carboxylic acids is 1. The van der Waals surface area contributed by atoms with Gasteiger partial charge in [0.25, 0.3) is 0 Å². The Morgan fingerprint density at radius 1 is 1.19 bits per heavy atom. The Morgan fingerprint density at radius 2 is 1.88 bits per heavy atom. The quantitative estimate of drug-likeness (QED) is 0.749. The van der Waals surface area contributed by atoms with Crippen LogP contribution in [0, 0.1) is 5.82 Å². The number of hydrogen-bond donors (Lipinski definition) is 2. The SMILES string of the molecule is CN(C)S(=O)(=O)c1ccccc1CNC(=O)CNc1ccc(Cl)cc1F. The molecular weight excluding hydrogens is 381 g/mol. The lowest BCUT2D eigenvalue weighted by molar-refractivity contribution is -0.119. The van der Waals surface area contributed by atoms with Crippen LogP contribution in [-0.2, 0) is 21.4 Å². The van der Waals surface area contributed by atoms with Crippen molar-refractivity contribution < 1.29 is 17.6 Å². The van der Waals surface area contributed by atoms with Gasteiger partial charge in [0, 0.05) is 25.7 Å². The summed E-state index contributed by atoms with van der Waals surface area (Å²) in [5, 5.41) is 5.55. The number of hydrogen-bond acceptors (Lipinski definition) is 4. The Balaban J connectivity index is 2.00. The number of benzene rings is 2. The fourth-order valence-electron chi connectivity index (χ4n) is 2.16. The smallest absolute Gasteiger partial charge is 0.242 e. The molecule has 0 radical (unpaired) electrons. The van der Waals surface area contributed by atoms with Crippen molar-refractivity contribution >= 4 is 33.2 Å². The molecule has 0 saturated heterocycles. The van der Waals surface area contributed by atoms with E-state index in [1.54, 1.807) is 18.2 Å². The molecule has 2 aromatic rings. The topological polar surface area (TPSA) is 78.5 Å². The highest BCUT2D eigenvalue weighted by atomic mass is 35.5. The maximum absolute atomic E-state index is 13.7. The van der Waals surface area contributed by atoms with Crippen LogP contribution in [0.5, 0.6) is 0 Å². The predicted molar refractivity (Wildman–Crippen MR) is 99.1 cm³/mol. The summed E-state index contributed by atoms with van der Waals surface area (Å²) >= 11 is 5.67. The van der Waals surface area contributed by atoms with Crippen molar-refractivity contribution in [3.8, 4) is 0 Å². The van der Waals surface area contributed by atoms with Crippen LogP contribution in [0.2, 0.25) is 5.02 Å². The number of rotatable bonds is 7. The van der Waals surface area contributed by atoms with Gasteiger partial charge in [-0.25, -0.2) is 17.1 Å². The molecule has 140 valence electrons. The summed E-state index contributed by atoms with van der Waals surface area (Å²) < 4.78 is 39.4. The first-order chi connectivity index (χ1) is 12.2. The number of nitrogens with zero attached hydrogens (tertiary/aromatic N) is 1. The van der Waals surface area contributed by atoms with Crippen LogP contribution in [0.1, 0.15) is 5.56 Å².